The van der Waals surface area contributed by atoms with E-state index in [1.54, 1.807) is 6.92 Å². The average Bonchev–Trinajstić information content (AvgIpc) is 2.59. The zero-order valence-electron chi connectivity index (χ0n) is 13.9. The lowest BCUT2D eigenvalue weighted by Crippen LogP contribution is -2.35. The summed E-state index contributed by atoms with van der Waals surface area (Å²) < 4.78 is 18.5. The van der Waals surface area contributed by atoms with Crippen molar-refractivity contribution in [2.45, 2.75) is 12.8 Å². The molecular weight excluding hydrogens is 341 g/mol. The van der Waals surface area contributed by atoms with E-state index in [2.05, 4.69) is 21.9 Å². The Bertz CT molecular complexity index is 1020. The maximum atomic E-state index is 13.3. The molecule has 1 aliphatic rings. The van der Waals surface area contributed by atoms with Crippen molar-refractivity contribution in [2.24, 2.45) is 0 Å². The lowest BCUT2D eigenvalue weighted by molar-refractivity contribution is -0.138. The summed E-state index contributed by atoms with van der Waals surface area (Å²) in [6.07, 6.45) is 1.43. The first-order valence-electron chi connectivity index (χ1n) is 7.80. The molecule has 3 rings (SSSR count). The largest absolute Gasteiger partial charge is 0.458 e. The van der Waals surface area contributed by atoms with E-state index in [4.69, 9.17) is 4.74 Å². The molecule has 0 fully saturated rings. The molecule has 0 unspecified atom stereocenters. The standard InChI is InChI=1S/C18H16FN3O4/c1-3-8-26-17(24)12-9(2)20-15-14(16(23)22-18(25)21-15)13(12)10-4-6-11(19)7-5-10/h3-7,13H,1,8H2,2H3,(H3,20,21,22,23,25)/t13-/m0/s1. The van der Waals surface area contributed by atoms with Crippen LogP contribution in [0.5, 0.6) is 0 Å². The van der Waals surface area contributed by atoms with Gasteiger partial charge in [-0.15, -0.1) is 0 Å². The molecule has 2 heterocycles. The summed E-state index contributed by atoms with van der Waals surface area (Å²) in [5.74, 6) is -1.73. The quantitative estimate of drug-likeness (QED) is 0.571. The number of aromatic amines is 2. The van der Waals surface area contributed by atoms with E-state index in [1.165, 1.54) is 30.3 Å². The van der Waals surface area contributed by atoms with Gasteiger partial charge in [0.2, 0.25) is 0 Å². The summed E-state index contributed by atoms with van der Waals surface area (Å²) in [5.41, 5.74) is -0.0497. The maximum absolute atomic E-state index is 13.3. The summed E-state index contributed by atoms with van der Waals surface area (Å²) in [5, 5.41) is 2.86. The molecule has 134 valence electrons. The number of halogens is 1. The Labute approximate surface area is 147 Å². The van der Waals surface area contributed by atoms with Crippen molar-refractivity contribution < 1.29 is 13.9 Å². The Morgan fingerprint density at radius 2 is 1.96 bits per heavy atom. The monoisotopic (exact) mass is 357 g/mol. The van der Waals surface area contributed by atoms with Gasteiger partial charge < -0.3 is 10.1 Å². The van der Waals surface area contributed by atoms with Gasteiger partial charge in [0, 0.05) is 5.70 Å². The first-order valence-corrected chi connectivity index (χ1v) is 7.80. The SMILES string of the molecule is C=CCOC(=O)C1=C(C)Nc2[nH]c(=O)[nH]c(=O)c2[C@H]1c1ccc(F)cc1. The Morgan fingerprint density at radius 1 is 1.27 bits per heavy atom. The molecule has 0 aliphatic carbocycles. The predicted octanol–water partition coefficient (Wildman–Crippen LogP) is 1.76. The minimum absolute atomic E-state index is 0.000584. The fraction of sp³-hybridized carbons (Fsp3) is 0.167. The van der Waals surface area contributed by atoms with Crippen LogP contribution in [-0.2, 0) is 9.53 Å². The van der Waals surface area contributed by atoms with Crippen LogP contribution >= 0.6 is 0 Å². The van der Waals surface area contributed by atoms with E-state index in [0.29, 0.717) is 11.3 Å². The van der Waals surface area contributed by atoms with Crippen molar-refractivity contribution in [3.8, 4) is 0 Å². The molecule has 1 aromatic heterocycles. The topological polar surface area (TPSA) is 104 Å². The third-order valence-electron chi connectivity index (χ3n) is 4.03. The molecule has 0 spiro atoms. The van der Waals surface area contributed by atoms with Crippen LogP contribution in [0.1, 0.15) is 24.0 Å². The Balaban J connectivity index is 2.23. The van der Waals surface area contributed by atoms with Gasteiger partial charge in [0.05, 0.1) is 17.1 Å². The van der Waals surface area contributed by atoms with Crippen LogP contribution in [0.25, 0.3) is 0 Å². The number of hydrogen-bond donors (Lipinski definition) is 3. The van der Waals surface area contributed by atoms with E-state index in [9.17, 15) is 18.8 Å². The number of carbonyl (C=O) groups is 1. The van der Waals surface area contributed by atoms with Crippen molar-refractivity contribution in [3.05, 3.63) is 86.0 Å². The number of allylic oxidation sites excluding steroid dienone is 1. The summed E-state index contributed by atoms with van der Waals surface area (Å²) in [6.45, 7) is 5.13. The molecule has 1 aliphatic heterocycles. The van der Waals surface area contributed by atoms with Gasteiger partial charge in [-0.2, -0.15) is 0 Å². The van der Waals surface area contributed by atoms with E-state index < -0.39 is 29.0 Å². The third kappa shape index (κ3) is 3.08. The van der Waals surface area contributed by atoms with Crippen molar-refractivity contribution in [2.75, 3.05) is 11.9 Å². The van der Waals surface area contributed by atoms with Gasteiger partial charge in [0.25, 0.3) is 5.56 Å². The number of anilines is 1. The van der Waals surface area contributed by atoms with Crippen LogP contribution in [0.2, 0.25) is 0 Å². The zero-order valence-corrected chi connectivity index (χ0v) is 13.9. The van der Waals surface area contributed by atoms with Crippen molar-refractivity contribution in [3.63, 3.8) is 0 Å². The van der Waals surface area contributed by atoms with E-state index in [-0.39, 0.29) is 23.6 Å². The van der Waals surface area contributed by atoms with Gasteiger partial charge >= 0.3 is 11.7 Å². The molecule has 8 heteroatoms. The molecule has 1 aromatic carbocycles. The third-order valence-corrected chi connectivity index (χ3v) is 4.03. The molecule has 7 nitrogen and oxygen atoms in total. The first-order chi connectivity index (χ1) is 12.4. The Morgan fingerprint density at radius 3 is 2.62 bits per heavy atom. The molecule has 0 radical (unpaired) electrons. The Kier molecular flexibility index (Phi) is 4.57. The fourth-order valence-corrected chi connectivity index (χ4v) is 2.96. The number of fused-ring (bicyclic) bond motifs is 1. The van der Waals surface area contributed by atoms with Gasteiger partial charge in [0.1, 0.15) is 18.2 Å². The highest BCUT2D eigenvalue weighted by Crippen LogP contribution is 2.39. The number of rotatable bonds is 4. The molecule has 0 saturated carbocycles. The molecule has 26 heavy (non-hydrogen) atoms. The Hall–Kier alpha value is -3.42. The van der Waals surface area contributed by atoms with Crippen molar-refractivity contribution in [1.29, 1.82) is 0 Å². The van der Waals surface area contributed by atoms with Crippen LogP contribution in [0, 0.1) is 5.82 Å². The molecule has 3 N–H and O–H groups in total. The number of benzene rings is 1. The summed E-state index contributed by atoms with van der Waals surface area (Å²) in [6, 6.07) is 5.43. The van der Waals surface area contributed by atoms with Gasteiger partial charge in [-0.3, -0.25) is 14.8 Å². The average molecular weight is 357 g/mol. The summed E-state index contributed by atoms with van der Waals surface area (Å²) >= 11 is 0. The zero-order chi connectivity index (χ0) is 18.8. The van der Waals surface area contributed by atoms with Gasteiger partial charge in [-0.05, 0) is 24.6 Å². The normalized spacial score (nSPS) is 15.8. The number of esters is 1. The van der Waals surface area contributed by atoms with E-state index in [0.717, 1.165) is 0 Å². The molecule has 0 saturated heterocycles. The van der Waals surface area contributed by atoms with Crippen LogP contribution in [0.15, 0.2) is 57.8 Å². The maximum Gasteiger partial charge on any atom is 0.337 e. The first kappa shape index (κ1) is 17.4. The van der Waals surface area contributed by atoms with Gasteiger partial charge in [-0.25, -0.2) is 14.0 Å². The summed E-state index contributed by atoms with van der Waals surface area (Å²) in [4.78, 5) is 41.3. The second-order valence-electron chi connectivity index (χ2n) is 5.73. The lowest BCUT2D eigenvalue weighted by atomic mass is 9.82. The highest BCUT2D eigenvalue weighted by Gasteiger charge is 2.35. The second-order valence-corrected chi connectivity index (χ2v) is 5.73. The van der Waals surface area contributed by atoms with Crippen LogP contribution in [-0.4, -0.2) is 22.5 Å². The van der Waals surface area contributed by atoms with Crippen molar-refractivity contribution >= 4 is 11.8 Å². The fourth-order valence-electron chi connectivity index (χ4n) is 2.96. The minimum atomic E-state index is -0.829. The molecule has 0 bridgehead atoms. The molecule has 0 amide bonds. The summed E-state index contributed by atoms with van der Waals surface area (Å²) in [7, 11) is 0. The van der Waals surface area contributed by atoms with Gasteiger partial charge in [0.15, 0.2) is 0 Å². The number of nitrogens with one attached hydrogen (secondary N) is 3. The highest BCUT2D eigenvalue weighted by atomic mass is 19.1. The van der Waals surface area contributed by atoms with Crippen molar-refractivity contribution in [1.82, 2.24) is 9.97 Å². The predicted molar refractivity (Wildman–Crippen MR) is 93.4 cm³/mol. The molecule has 2 aromatic rings. The van der Waals surface area contributed by atoms with Crippen LogP contribution in [0.4, 0.5) is 10.2 Å². The smallest absolute Gasteiger partial charge is 0.337 e. The van der Waals surface area contributed by atoms with E-state index >= 15 is 0 Å². The number of aromatic nitrogens is 2. The van der Waals surface area contributed by atoms with Crippen LogP contribution in [0.3, 0.4) is 0 Å². The second kappa shape index (κ2) is 6.83. The number of H-pyrrole nitrogens is 2. The highest BCUT2D eigenvalue weighted by molar-refractivity contribution is 5.94. The number of ether oxygens (including phenoxy) is 1. The lowest BCUT2D eigenvalue weighted by Gasteiger charge is -2.28. The van der Waals surface area contributed by atoms with Gasteiger partial charge in [-0.1, -0.05) is 24.8 Å². The minimum Gasteiger partial charge on any atom is -0.458 e. The van der Waals surface area contributed by atoms with E-state index in [1.807, 2.05) is 0 Å². The number of carbonyl (C=O) groups excluding carboxylic acids is 1. The molecule has 1 atom stereocenters. The van der Waals surface area contributed by atoms with Crippen LogP contribution < -0.4 is 16.6 Å². The number of hydrogen-bond acceptors (Lipinski definition) is 5. The molecular formula is C18H16FN3O4.